The van der Waals surface area contributed by atoms with Crippen molar-refractivity contribution in [3.8, 4) is 0 Å². The van der Waals surface area contributed by atoms with E-state index in [9.17, 15) is 9.90 Å². The Hall–Kier alpha value is -2.14. The lowest BCUT2D eigenvalue weighted by atomic mass is 9.53. The number of fused-ring (bicyclic) bond motifs is 1. The molecule has 2 aliphatic heterocycles. The third-order valence-electron chi connectivity index (χ3n) is 6.71. The number of aliphatic hydroxyl groups excluding tert-OH is 1. The van der Waals surface area contributed by atoms with Crippen LogP contribution in [0.3, 0.4) is 0 Å². The number of aromatic nitrogens is 2. The van der Waals surface area contributed by atoms with Gasteiger partial charge in [-0.3, -0.25) is 4.79 Å². The van der Waals surface area contributed by atoms with Gasteiger partial charge in [0.15, 0.2) is 0 Å². The number of nitrogens with zero attached hydrogens (tertiary/aromatic N) is 3. The standard InChI is InChI=1S/C21H27N3O2/c1-4-6-16-15(5-2)19(24-13-22-12-18(16)24)17-11-21(20(17)26)7-9-23(10-8-21)14(3)25/h4-6,12-13,17,19-20,26H,2,7-11H2,1,3H3/b6-4-. The lowest BCUT2D eigenvalue weighted by Gasteiger charge is -2.58. The predicted octanol–water partition coefficient (Wildman–Crippen LogP) is 2.96. The Balaban J connectivity index is 1.58. The van der Waals surface area contributed by atoms with Gasteiger partial charge in [-0.2, -0.15) is 0 Å². The number of carbonyl (C=O) groups is 1. The van der Waals surface area contributed by atoms with Gasteiger partial charge >= 0.3 is 0 Å². The molecule has 4 rings (SSSR count). The highest BCUT2D eigenvalue weighted by molar-refractivity contribution is 5.80. The van der Waals surface area contributed by atoms with E-state index in [-0.39, 0.29) is 29.4 Å². The van der Waals surface area contributed by atoms with Gasteiger partial charge in [0.1, 0.15) is 0 Å². The van der Waals surface area contributed by atoms with Crippen LogP contribution in [0.4, 0.5) is 0 Å². The molecule has 1 amide bonds. The summed E-state index contributed by atoms with van der Waals surface area (Å²) in [6, 6.07) is 0.0997. The summed E-state index contributed by atoms with van der Waals surface area (Å²) in [5, 5.41) is 11.1. The lowest BCUT2D eigenvalue weighted by molar-refractivity contribution is -0.163. The number of hydrogen-bond donors (Lipinski definition) is 1. The molecule has 2 fully saturated rings. The van der Waals surface area contributed by atoms with Crippen LogP contribution < -0.4 is 0 Å². The summed E-state index contributed by atoms with van der Waals surface area (Å²) in [6.07, 6.45) is 12.3. The van der Waals surface area contributed by atoms with E-state index in [0.29, 0.717) is 0 Å². The molecule has 5 nitrogen and oxygen atoms in total. The van der Waals surface area contributed by atoms with E-state index in [1.807, 2.05) is 36.5 Å². The van der Waals surface area contributed by atoms with Gasteiger partial charge in [-0.15, -0.1) is 0 Å². The smallest absolute Gasteiger partial charge is 0.219 e. The molecule has 1 saturated carbocycles. The lowest BCUT2D eigenvalue weighted by Crippen LogP contribution is -2.59. The van der Waals surface area contributed by atoms with Crippen LogP contribution >= 0.6 is 0 Å². The normalized spacial score (nSPS) is 30.0. The first kappa shape index (κ1) is 17.3. The highest BCUT2D eigenvalue weighted by atomic mass is 16.3. The maximum absolute atomic E-state index is 11.6. The molecule has 0 bridgehead atoms. The fourth-order valence-electron chi connectivity index (χ4n) is 5.25. The maximum atomic E-state index is 11.6. The molecule has 1 spiro atoms. The molecule has 0 aromatic carbocycles. The Morgan fingerprint density at radius 2 is 2.15 bits per heavy atom. The van der Waals surface area contributed by atoms with Crippen molar-refractivity contribution >= 4 is 11.5 Å². The van der Waals surface area contributed by atoms with Crippen molar-refractivity contribution in [3.05, 3.63) is 48.6 Å². The Morgan fingerprint density at radius 3 is 2.73 bits per heavy atom. The molecule has 1 N–H and O–H groups in total. The predicted molar refractivity (Wildman–Crippen MR) is 101 cm³/mol. The second kappa shape index (κ2) is 6.23. The number of aliphatic hydroxyl groups is 1. The van der Waals surface area contributed by atoms with Gasteiger partial charge in [0, 0.05) is 36.9 Å². The van der Waals surface area contributed by atoms with Crippen LogP contribution in [0.1, 0.15) is 44.8 Å². The molecule has 138 valence electrons. The highest BCUT2D eigenvalue weighted by Crippen LogP contribution is 2.59. The van der Waals surface area contributed by atoms with E-state index < -0.39 is 0 Å². The Morgan fingerprint density at radius 1 is 1.42 bits per heavy atom. The molecule has 1 aromatic rings. The van der Waals surface area contributed by atoms with Crippen molar-refractivity contribution in [3.63, 3.8) is 0 Å². The number of amides is 1. The third kappa shape index (κ3) is 2.33. The molecule has 5 heteroatoms. The van der Waals surface area contributed by atoms with Gasteiger partial charge in [0.25, 0.3) is 0 Å². The van der Waals surface area contributed by atoms with Crippen LogP contribution in [0, 0.1) is 11.3 Å². The molecular weight excluding hydrogens is 326 g/mol. The number of imidazole rings is 1. The Labute approximate surface area is 154 Å². The SMILES string of the molecule is C=CC1=C(/C=C\C)c2cncn2C1C1CC2(CCN(C(C)=O)CC2)C1O. The monoisotopic (exact) mass is 353 g/mol. The Bertz CT molecular complexity index is 796. The Kier molecular flexibility index (Phi) is 4.14. The number of hydrogen-bond acceptors (Lipinski definition) is 3. The van der Waals surface area contributed by atoms with Crippen molar-refractivity contribution in [2.45, 2.75) is 45.3 Å². The van der Waals surface area contributed by atoms with Gasteiger partial charge in [-0.05, 0) is 31.8 Å². The molecular formula is C21H27N3O2. The van der Waals surface area contributed by atoms with Gasteiger partial charge in [0.05, 0.1) is 30.4 Å². The summed E-state index contributed by atoms with van der Waals surface area (Å²) in [6.45, 7) is 9.19. The van der Waals surface area contributed by atoms with Gasteiger partial charge in [-0.1, -0.05) is 24.8 Å². The van der Waals surface area contributed by atoms with E-state index in [1.54, 1.807) is 6.92 Å². The summed E-state index contributed by atoms with van der Waals surface area (Å²) >= 11 is 0. The summed E-state index contributed by atoms with van der Waals surface area (Å²) in [4.78, 5) is 17.8. The number of rotatable bonds is 3. The van der Waals surface area contributed by atoms with Gasteiger partial charge in [0.2, 0.25) is 5.91 Å². The summed E-state index contributed by atoms with van der Waals surface area (Å²) < 4.78 is 2.19. The highest BCUT2D eigenvalue weighted by Gasteiger charge is 2.58. The minimum Gasteiger partial charge on any atom is -0.392 e. The second-order valence-corrected chi connectivity index (χ2v) is 7.89. The average molecular weight is 353 g/mol. The minimum atomic E-state index is -0.350. The summed E-state index contributed by atoms with van der Waals surface area (Å²) in [7, 11) is 0. The molecule has 3 atom stereocenters. The zero-order chi connectivity index (χ0) is 18.5. The van der Waals surface area contributed by atoms with Crippen LogP contribution in [-0.2, 0) is 4.79 Å². The first-order chi connectivity index (χ1) is 12.5. The first-order valence-corrected chi connectivity index (χ1v) is 9.47. The van der Waals surface area contributed by atoms with Crippen molar-refractivity contribution in [2.24, 2.45) is 11.3 Å². The van der Waals surface area contributed by atoms with Crippen LogP contribution in [0.5, 0.6) is 0 Å². The van der Waals surface area contributed by atoms with Crippen LogP contribution in [-0.4, -0.2) is 44.7 Å². The zero-order valence-corrected chi connectivity index (χ0v) is 15.6. The molecule has 0 radical (unpaired) electrons. The van der Waals surface area contributed by atoms with Gasteiger partial charge in [-0.25, -0.2) is 4.98 Å². The topological polar surface area (TPSA) is 58.4 Å². The number of allylic oxidation sites excluding steroid dienone is 5. The van der Waals surface area contributed by atoms with Crippen LogP contribution in [0.2, 0.25) is 0 Å². The van der Waals surface area contributed by atoms with Crippen LogP contribution in [0.15, 0.2) is 42.9 Å². The second-order valence-electron chi connectivity index (χ2n) is 7.89. The van der Waals surface area contributed by atoms with E-state index >= 15 is 0 Å². The van der Waals surface area contributed by atoms with Crippen molar-refractivity contribution in [1.29, 1.82) is 0 Å². The maximum Gasteiger partial charge on any atom is 0.219 e. The molecule has 1 aliphatic carbocycles. The fourth-order valence-corrected chi connectivity index (χ4v) is 5.25. The average Bonchev–Trinajstić information content (AvgIpc) is 3.21. The van der Waals surface area contributed by atoms with Gasteiger partial charge < -0.3 is 14.6 Å². The van der Waals surface area contributed by atoms with E-state index in [0.717, 1.165) is 43.6 Å². The largest absolute Gasteiger partial charge is 0.392 e. The zero-order valence-electron chi connectivity index (χ0n) is 15.6. The third-order valence-corrected chi connectivity index (χ3v) is 6.71. The van der Waals surface area contributed by atoms with Crippen molar-refractivity contribution < 1.29 is 9.90 Å². The molecule has 3 unspecified atom stereocenters. The van der Waals surface area contributed by atoms with E-state index in [1.165, 1.54) is 5.57 Å². The number of likely N-dealkylation sites (tertiary alicyclic amines) is 1. The molecule has 26 heavy (non-hydrogen) atoms. The summed E-state index contributed by atoms with van der Waals surface area (Å²) in [5.41, 5.74) is 3.40. The molecule has 1 aromatic heterocycles. The van der Waals surface area contributed by atoms with E-state index in [2.05, 4.69) is 22.2 Å². The number of piperidine rings is 1. The fraction of sp³-hybridized carbons (Fsp3) is 0.524. The van der Waals surface area contributed by atoms with Crippen molar-refractivity contribution in [2.75, 3.05) is 13.1 Å². The molecule has 1 saturated heterocycles. The summed E-state index contributed by atoms with van der Waals surface area (Å²) in [5.74, 6) is 0.305. The molecule has 3 aliphatic rings. The van der Waals surface area contributed by atoms with Crippen molar-refractivity contribution in [1.82, 2.24) is 14.5 Å². The van der Waals surface area contributed by atoms with Crippen LogP contribution in [0.25, 0.3) is 5.57 Å². The molecule has 3 heterocycles. The van der Waals surface area contributed by atoms with E-state index in [4.69, 9.17) is 0 Å². The first-order valence-electron chi connectivity index (χ1n) is 9.47. The number of carbonyl (C=O) groups excluding carboxylic acids is 1. The quantitative estimate of drug-likeness (QED) is 0.909. The minimum absolute atomic E-state index is 0.0347.